The number of Topliss-reactive ketones (excluding diaryl/α,β-unsaturated/α-hetero) is 1. The topological polar surface area (TPSA) is 61.8 Å². The molecule has 0 aromatic carbocycles. The smallest absolute Gasteiger partial charge is 0.346 e. The van der Waals surface area contributed by atoms with Gasteiger partial charge in [0.1, 0.15) is 0 Å². The third-order valence-corrected chi connectivity index (χ3v) is 10.7. The minimum absolute atomic E-state index is 0.134. The van der Waals surface area contributed by atoms with Gasteiger partial charge in [-0.1, -0.05) is 26.8 Å². The van der Waals surface area contributed by atoms with Crippen molar-refractivity contribution in [3.8, 4) is 0 Å². The van der Waals surface area contributed by atoms with E-state index in [1.165, 1.54) is 7.11 Å². The Morgan fingerprint density at radius 1 is 1.40 bits per heavy atom. The molecule has 2 aliphatic rings. The molecule has 1 saturated heterocycles. The lowest BCUT2D eigenvalue weighted by Crippen LogP contribution is -2.46. The quantitative estimate of drug-likeness (QED) is 0.297. The van der Waals surface area contributed by atoms with E-state index in [9.17, 15) is 9.59 Å². The molecule has 2 rings (SSSR count). The Hall–Kier alpha value is -0.983. The van der Waals surface area contributed by atoms with Gasteiger partial charge in [-0.2, -0.15) is 0 Å². The highest BCUT2D eigenvalue weighted by molar-refractivity contribution is 6.74. The molecule has 2 fully saturated rings. The predicted octanol–water partition coefficient (Wildman–Crippen LogP) is 3.63. The standard InChI is InChI=1S/C19H32O5Si/c1-8-10-19(16(21)22-5)15(20)18(11-12-18)14(24-19)9-13-23-25(6,7)17(2,3)4/h8,14H,1,9-13H2,2-7H3/t14-,19-/m1/s1. The Morgan fingerprint density at radius 3 is 2.44 bits per heavy atom. The fourth-order valence-corrected chi connectivity index (χ4v) is 4.41. The second-order valence-corrected chi connectivity index (χ2v) is 13.6. The SMILES string of the molecule is C=CC[C@@]1(C(=O)OC)O[C@H](CCO[Si](C)(C)C(C)(C)C)C2(CC2)C1=O. The van der Waals surface area contributed by atoms with Crippen LogP contribution in [-0.2, 0) is 23.5 Å². The molecule has 1 heterocycles. The molecule has 1 saturated carbocycles. The van der Waals surface area contributed by atoms with Gasteiger partial charge in [0.15, 0.2) is 14.1 Å². The normalized spacial score (nSPS) is 28.2. The summed E-state index contributed by atoms with van der Waals surface area (Å²) in [5.74, 6) is -0.749. The zero-order valence-corrected chi connectivity index (χ0v) is 17.4. The zero-order valence-electron chi connectivity index (χ0n) is 16.4. The number of esters is 1. The maximum Gasteiger partial charge on any atom is 0.346 e. The lowest BCUT2D eigenvalue weighted by atomic mass is 9.84. The van der Waals surface area contributed by atoms with Gasteiger partial charge in [0.25, 0.3) is 0 Å². The molecule has 0 unspecified atom stereocenters. The number of carbonyl (C=O) groups is 2. The number of hydrogen-bond acceptors (Lipinski definition) is 5. The minimum atomic E-state index is -1.85. The first-order valence-corrected chi connectivity index (χ1v) is 11.9. The second-order valence-electron chi connectivity index (χ2n) is 8.80. The van der Waals surface area contributed by atoms with Gasteiger partial charge < -0.3 is 13.9 Å². The van der Waals surface area contributed by atoms with E-state index in [-0.39, 0.29) is 23.3 Å². The summed E-state index contributed by atoms with van der Waals surface area (Å²) < 4.78 is 17.2. The van der Waals surface area contributed by atoms with Crippen LogP contribution in [0.1, 0.15) is 46.5 Å². The third-order valence-electron chi connectivity index (χ3n) is 6.16. The molecule has 0 bridgehead atoms. The highest BCUT2D eigenvalue weighted by Gasteiger charge is 2.71. The Labute approximate surface area is 152 Å². The van der Waals surface area contributed by atoms with Crippen molar-refractivity contribution >= 4 is 20.1 Å². The van der Waals surface area contributed by atoms with Crippen LogP contribution in [0.15, 0.2) is 12.7 Å². The highest BCUT2D eigenvalue weighted by atomic mass is 28.4. The van der Waals surface area contributed by atoms with Crippen LogP contribution in [0.3, 0.4) is 0 Å². The van der Waals surface area contributed by atoms with Gasteiger partial charge in [-0.25, -0.2) is 4.79 Å². The molecule has 0 aromatic rings. The Balaban J connectivity index is 2.11. The molecule has 142 valence electrons. The minimum Gasteiger partial charge on any atom is -0.467 e. The van der Waals surface area contributed by atoms with Gasteiger partial charge in [0.05, 0.1) is 18.6 Å². The monoisotopic (exact) mass is 368 g/mol. The van der Waals surface area contributed by atoms with Crippen LogP contribution < -0.4 is 0 Å². The number of carbonyl (C=O) groups excluding carboxylic acids is 2. The van der Waals surface area contributed by atoms with Crippen LogP contribution >= 0.6 is 0 Å². The van der Waals surface area contributed by atoms with Gasteiger partial charge in [0, 0.05) is 13.0 Å². The summed E-state index contributed by atoms with van der Waals surface area (Å²) in [6, 6.07) is 0. The highest BCUT2D eigenvalue weighted by Crippen LogP contribution is 2.60. The number of hydrogen-bond donors (Lipinski definition) is 0. The summed E-state index contributed by atoms with van der Waals surface area (Å²) in [7, 11) is -0.559. The number of ketones is 1. The second kappa shape index (κ2) is 6.63. The fourth-order valence-electron chi connectivity index (χ4n) is 3.35. The van der Waals surface area contributed by atoms with Gasteiger partial charge >= 0.3 is 5.97 Å². The van der Waals surface area contributed by atoms with Gasteiger partial charge in [0.2, 0.25) is 5.60 Å². The lowest BCUT2D eigenvalue weighted by Gasteiger charge is -2.36. The van der Waals surface area contributed by atoms with Crippen molar-refractivity contribution in [1.29, 1.82) is 0 Å². The van der Waals surface area contributed by atoms with E-state index < -0.39 is 25.3 Å². The van der Waals surface area contributed by atoms with Crippen molar-refractivity contribution < 1.29 is 23.5 Å². The number of rotatable bonds is 7. The molecule has 1 aliphatic carbocycles. The molecule has 25 heavy (non-hydrogen) atoms. The van der Waals surface area contributed by atoms with E-state index in [1.54, 1.807) is 6.08 Å². The van der Waals surface area contributed by atoms with E-state index in [0.717, 1.165) is 12.8 Å². The Bertz CT molecular complexity index is 559. The summed E-state index contributed by atoms with van der Waals surface area (Å²) in [5.41, 5.74) is -2.05. The number of ether oxygens (including phenoxy) is 2. The van der Waals surface area contributed by atoms with Crippen LogP contribution in [-0.4, -0.2) is 45.5 Å². The maximum absolute atomic E-state index is 13.0. The first-order valence-electron chi connectivity index (χ1n) is 9.03. The number of methoxy groups -OCH3 is 1. The van der Waals surface area contributed by atoms with E-state index in [0.29, 0.717) is 13.0 Å². The molecule has 1 spiro atoms. The molecule has 5 nitrogen and oxygen atoms in total. The summed E-state index contributed by atoms with van der Waals surface area (Å²) in [5, 5.41) is 0.134. The van der Waals surface area contributed by atoms with E-state index >= 15 is 0 Å². The first-order chi connectivity index (χ1) is 11.5. The fraction of sp³-hybridized carbons (Fsp3) is 0.789. The maximum atomic E-state index is 13.0. The molecule has 0 radical (unpaired) electrons. The molecule has 0 amide bonds. The molecule has 0 N–H and O–H groups in total. The predicted molar refractivity (Wildman–Crippen MR) is 98.9 cm³/mol. The van der Waals surface area contributed by atoms with E-state index in [2.05, 4.69) is 40.4 Å². The van der Waals surface area contributed by atoms with E-state index in [1.807, 2.05) is 0 Å². The Kier molecular flexibility index (Phi) is 5.39. The third kappa shape index (κ3) is 3.36. The van der Waals surface area contributed by atoms with Crippen molar-refractivity contribution in [3.63, 3.8) is 0 Å². The largest absolute Gasteiger partial charge is 0.467 e. The summed E-state index contributed by atoms with van der Waals surface area (Å²) >= 11 is 0. The molecule has 6 heteroatoms. The van der Waals surface area contributed by atoms with Crippen LogP contribution in [0.2, 0.25) is 18.1 Å². The van der Waals surface area contributed by atoms with Crippen molar-refractivity contribution in [1.82, 2.24) is 0 Å². The van der Waals surface area contributed by atoms with Crippen molar-refractivity contribution in [3.05, 3.63) is 12.7 Å². The van der Waals surface area contributed by atoms with Gasteiger partial charge in [-0.05, 0) is 37.4 Å². The van der Waals surface area contributed by atoms with Crippen molar-refractivity contribution in [2.45, 2.75) is 76.3 Å². The van der Waals surface area contributed by atoms with E-state index in [4.69, 9.17) is 13.9 Å². The average Bonchev–Trinajstić information content (AvgIpc) is 3.28. The first kappa shape index (κ1) is 20.3. The molecular weight excluding hydrogens is 336 g/mol. The van der Waals surface area contributed by atoms with Crippen LogP contribution in [0.25, 0.3) is 0 Å². The van der Waals surface area contributed by atoms with Gasteiger partial charge in [-0.15, -0.1) is 6.58 Å². The summed E-state index contributed by atoms with van der Waals surface area (Å²) in [4.78, 5) is 25.3. The average molecular weight is 369 g/mol. The van der Waals surface area contributed by atoms with Crippen molar-refractivity contribution in [2.75, 3.05) is 13.7 Å². The molecule has 1 aliphatic heterocycles. The summed E-state index contributed by atoms with van der Waals surface area (Å²) in [6.45, 7) is 15.2. The lowest BCUT2D eigenvalue weighted by molar-refractivity contribution is -0.170. The zero-order chi connectivity index (χ0) is 19.1. The molecule has 2 atom stereocenters. The van der Waals surface area contributed by atoms with Crippen LogP contribution in [0, 0.1) is 5.41 Å². The Morgan fingerprint density at radius 2 is 2.00 bits per heavy atom. The van der Waals surface area contributed by atoms with Crippen LogP contribution in [0.4, 0.5) is 0 Å². The molecular formula is C19H32O5Si. The van der Waals surface area contributed by atoms with Gasteiger partial charge in [-0.3, -0.25) is 4.79 Å². The van der Waals surface area contributed by atoms with Crippen molar-refractivity contribution in [2.24, 2.45) is 5.41 Å². The summed E-state index contributed by atoms with van der Waals surface area (Å²) in [6.07, 6.45) is 3.58. The molecule has 0 aromatic heterocycles. The van der Waals surface area contributed by atoms with Crippen LogP contribution in [0.5, 0.6) is 0 Å².